The molecule has 3 aliphatic heterocycles. The van der Waals surface area contributed by atoms with Crippen LogP contribution in [0.25, 0.3) is 0 Å². The third kappa shape index (κ3) is 2.75. The van der Waals surface area contributed by atoms with Gasteiger partial charge in [-0.05, 0) is 62.7 Å². The third-order valence-corrected chi connectivity index (χ3v) is 6.79. The molecule has 148 valence electrons. The number of halogens is 1. The fraction of sp³-hybridized carbons (Fsp3) is 0.348. The lowest BCUT2D eigenvalue weighted by Gasteiger charge is -2.27. The molecule has 29 heavy (non-hydrogen) atoms. The molecule has 3 fully saturated rings. The van der Waals surface area contributed by atoms with E-state index in [2.05, 4.69) is 4.90 Å². The van der Waals surface area contributed by atoms with E-state index in [4.69, 9.17) is 11.6 Å². The number of hydrogen-bond donors (Lipinski definition) is 0. The quantitative estimate of drug-likeness (QED) is 0.576. The van der Waals surface area contributed by atoms with Gasteiger partial charge in [0.1, 0.15) is 0 Å². The Morgan fingerprint density at radius 1 is 0.966 bits per heavy atom. The molecule has 0 saturated carbocycles. The lowest BCUT2D eigenvalue weighted by Crippen LogP contribution is -2.46. The molecule has 0 aromatic heterocycles. The fourth-order valence-corrected chi connectivity index (χ4v) is 5.37. The molecule has 2 aromatic rings. The number of aryl methyl sites for hydroxylation is 1. The first kappa shape index (κ1) is 18.5. The molecule has 0 spiro atoms. The maximum atomic E-state index is 13.4. The van der Waals surface area contributed by atoms with Crippen molar-refractivity contribution in [3.05, 3.63) is 64.7 Å². The number of hydrogen-bond acceptors (Lipinski definition) is 4. The Morgan fingerprint density at radius 2 is 1.62 bits per heavy atom. The predicted molar refractivity (Wildman–Crippen MR) is 110 cm³/mol. The monoisotopic (exact) mass is 408 g/mol. The average Bonchev–Trinajstić information content (AvgIpc) is 3.35. The van der Waals surface area contributed by atoms with Gasteiger partial charge in [-0.25, -0.2) is 4.90 Å². The van der Waals surface area contributed by atoms with Crippen LogP contribution < -0.4 is 4.90 Å². The predicted octanol–water partition coefficient (Wildman–Crippen LogP) is 3.48. The lowest BCUT2D eigenvalue weighted by molar-refractivity contribution is -0.123. The molecule has 3 aliphatic rings. The maximum Gasteiger partial charge on any atom is 0.239 e. The van der Waals surface area contributed by atoms with Crippen molar-refractivity contribution >= 4 is 34.9 Å². The summed E-state index contributed by atoms with van der Waals surface area (Å²) in [7, 11) is 0. The smallest absolute Gasteiger partial charge is 0.239 e. The molecule has 0 N–H and O–H groups in total. The minimum absolute atomic E-state index is 0.0480. The van der Waals surface area contributed by atoms with Crippen molar-refractivity contribution in [1.29, 1.82) is 0 Å². The molecule has 0 bridgehead atoms. The molecule has 6 heteroatoms. The number of rotatable bonds is 3. The first-order valence-corrected chi connectivity index (χ1v) is 10.3. The van der Waals surface area contributed by atoms with E-state index in [9.17, 15) is 14.4 Å². The van der Waals surface area contributed by atoms with Gasteiger partial charge >= 0.3 is 0 Å². The van der Waals surface area contributed by atoms with Gasteiger partial charge < -0.3 is 0 Å². The van der Waals surface area contributed by atoms with Gasteiger partial charge in [-0.1, -0.05) is 29.3 Å². The van der Waals surface area contributed by atoms with Crippen molar-refractivity contribution in [2.45, 2.75) is 31.8 Å². The second kappa shape index (κ2) is 6.78. The summed E-state index contributed by atoms with van der Waals surface area (Å²) in [5.74, 6) is -1.62. The molecule has 5 nitrogen and oxygen atoms in total. The fourth-order valence-electron chi connectivity index (χ4n) is 5.25. The van der Waals surface area contributed by atoms with Crippen molar-refractivity contribution in [2.24, 2.45) is 11.8 Å². The van der Waals surface area contributed by atoms with Crippen LogP contribution in [0.1, 0.15) is 28.8 Å². The van der Waals surface area contributed by atoms with Gasteiger partial charge in [0.2, 0.25) is 11.8 Å². The highest BCUT2D eigenvalue weighted by molar-refractivity contribution is 6.30. The van der Waals surface area contributed by atoms with Gasteiger partial charge in [0.15, 0.2) is 5.78 Å². The van der Waals surface area contributed by atoms with Crippen molar-refractivity contribution < 1.29 is 14.4 Å². The van der Waals surface area contributed by atoms with Crippen LogP contribution in [0.15, 0.2) is 48.5 Å². The van der Waals surface area contributed by atoms with Gasteiger partial charge in [-0.15, -0.1) is 0 Å². The Bertz CT molecular complexity index is 1000. The molecular weight excluding hydrogens is 388 g/mol. The second-order valence-electron chi connectivity index (χ2n) is 8.16. The number of imide groups is 1. The van der Waals surface area contributed by atoms with Crippen molar-refractivity contribution in [3.63, 3.8) is 0 Å². The topological polar surface area (TPSA) is 57.7 Å². The third-order valence-electron chi connectivity index (χ3n) is 6.54. The van der Waals surface area contributed by atoms with E-state index in [0.29, 0.717) is 16.3 Å². The van der Waals surface area contributed by atoms with Crippen molar-refractivity contribution in [1.82, 2.24) is 4.90 Å². The van der Waals surface area contributed by atoms with Gasteiger partial charge in [0.25, 0.3) is 0 Å². The normalized spacial score (nSPS) is 28.7. The van der Waals surface area contributed by atoms with Crippen LogP contribution in [0.2, 0.25) is 5.02 Å². The summed E-state index contributed by atoms with van der Waals surface area (Å²) in [6.45, 7) is 2.70. The van der Waals surface area contributed by atoms with Gasteiger partial charge in [-0.3, -0.25) is 19.3 Å². The lowest BCUT2D eigenvalue weighted by atomic mass is 9.85. The minimum atomic E-state index is -0.628. The number of ketones is 1. The molecule has 5 rings (SSSR count). The number of nitrogens with zero attached hydrogens (tertiary/aromatic N) is 2. The summed E-state index contributed by atoms with van der Waals surface area (Å²) in [5, 5.41) is 0.558. The zero-order valence-corrected chi connectivity index (χ0v) is 16.8. The van der Waals surface area contributed by atoms with Crippen LogP contribution in [-0.4, -0.2) is 41.1 Å². The summed E-state index contributed by atoms with van der Waals surface area (Å²) in [4.78, 5) is 43.6. The molecule has 2 amide bonds. The number of fused-ring (bicyclic) bond motifs is 3. The van der Waals surface area contributed by atoms with E-state index in [-0.39, 0.29) is 23.6 Å². The Labute approximate surface area is 174 Å². The van der Waals surface area contributed by atoms with Gasteiger partial charge in [0.05, 0.1) is 23.6 Å². The number of benzene rings is 2. The van der Waals surface area contributed by atoms with E-state index in [1.807, 2.05) is 19.1 Å². The SMILES string of the molecule is Cc1ccc(N2C(=O)[C@@H]3[C@H](C2=O)[C@@H](C(=O)c2ccc(Cl)cc2)N2CCC[C@H]32)cc1. The van der Waals surface area contributed by atoms with Gasteiger partial charge in [0, 0.05) is 16.6 Å². The standard InChI is InChI=1S/C23H21ClN2O3/c1-13-4-10-16(11-5-13)26-22(28)18-17-3-2-12-25(17)20(19(18)23(26)29)21(27)14-6-8-15(24)9-7-14/h4-11,17-20H,2-3,12H2,1H3/t17-,18+,19+,20+/m1/s1. The summed E-state index contributed by atoms with van der Waals surface area (Å²) >= 11 is 5.97. The number of amides is 2. The van der Waals surface area contributed by atoms with Crippen LogP contribution in [0.5, 0.6) is 0 Å². The van der Waals surface area contributed by atoms with Crippen LogP contribution in [-0.2, 0) is 9.59 Å². The number of carbonyl (C=O) groups excluding carboxylic acids is 3. The highest BCUT2D eigenvalue weighted by Gasteiger charge is 2.64. The molecule has 4 atom stereocenters. The molecule has 2 aromatic carbocycles. The molecule has 0 aliphatic carbocycles. The van der Waals surface area contributed by atoms with Crippen LogP contribution in [0, 0.1) is 18.8 Å². The van der Waals surface area contributed by atoms with Crippen LogP contribution in [0.3, 0.4) is 0 Å². The summed E-state index contributed by atoms with van der Waals surface area (Å²) in [6.07, 6.45) is 1.77. The van der Waals surface area contributed by atoms with Crippen LogP contribution in [0.4, 0.5) is 5.69 Å². The summed E-state index contributed by atoms with van der Waals surface area (Å²) in [6, 6.07) is 13.5. The molecule has 0 unspecified atom stereocenters. The van der Waals surface area contributed by atoms with E-state index in [1.54, 1.807) is 36.4 Å². The van der Waals surface area contributed by atoms with Crippen LogP contribution >= 0.6 is 11.6 Å². The Kier molecular flexibility index (Phi) is 4.33. The minimum Gasteiger partial charge on any atom is -0.292 e. The Morgan fingerprint density at radius 3 is 2.31 bits per heavy atom. The van der Waals surface area contributed by atoms with Crippen molar-refractivity contribution in [3.8, 4) is 0 Å². The highest BCUT2D eigenvalue weighted by Crippen LogP contribution is 2.48. The molecule has 0 radical (unpaired) electrons. The number of anilines is 1. The number of Topliss-reactive ketones (excluding diaryl/α,β-unsaturated/α-hetero) is 1. The van der Waals surface area contributed by atoms with E-state index < -0.39 is 17.9 Å². The zero-order valence-electron chi connectivity index (χ0n) is 16.0. The molecule has 3 saturated heterocycles. The average molecular weight is 409 g/mol. The molecular formula is C23H21ClN2O3. The second-order valence-corrected chi connectivity index (χ2v) is 8.60. The summed E-state index contributed by atoms with van der Waals surface area (Å²) in [5.41, 5.74) is 2.17. The summed E-state index contributed by atoms with van der Waals surface area (Å²) < 4.78 is 0. The number of carbonyl (C=O) groups is 3. The Balaban J connectivity index is 1.54. The van der Waals surface area contributed by atoms with E-state index in [1.165, 1.54) is 4.90 Å². The first-order chi connectivity index (χ1) is 14.0. The van der Waals surface area contributed by atoms with Gasteiger partial charge in [-0.2, -0.15) is 0 Å². The van der Waals surface area contributed by atoms with E-state index >= 15 is 0 Å². The zero-order chi connectivity index (χ0) is 20.3. The first-order valence-electron chi connectivity index (χ1n) is 9.97. The van der Waals surface area contributed by atoms with E-state index in [0.717, 1.165) is 24.9 Å². The Hall–Kier alpha value is -2.50. The highest BCUT2D eigenvalue weighted by atomic mass is 35.5. The molecule has 3 heterocycles. The van der Waals surface area contributed by atoms with Crippen molar-refractivity contribution in [2.75, 3.05) is 11.4 Å². The maximum absolute atomic E-state index is 13.4. The largest absolute Gasteiger partial charge is 0.292 e.